The summed E-state index contributed by atoms with van der Waals surface area (Å²) in [6.07, 6.45) is 0. The van der Waals surface area contributed by atoms with E-state index < -0.39 is 10.0 Å². The van der Waals surface area contributed by atoms with Gasteiger partial charge in [-0.25, -0.2) is 8.42 Å². The fourth-order valence-corrected chi connectivity index (χ4v) is 4.01. The summed E-state index contributed by atoms with van der Waals surface area (Å²) in [7, 11) is -3.61. The van der Waals surface area contributed by atoms with E-state index in [9.17, 15) is 8.42 Å². The molecule has 0 saturated heterocycles. The van der Waals surface area contributed by atoms with Crippen molar-refractivity contribution < 1.29 is 8.42 Å². The van der Waals surface area contributed by atoms with Crippen LogP contribution in [0.1, 0.15) is 11.1 Å². The first-order valence-electron chi connectivity index (χ1n) is 5.95. The number of hydrogen-bond acceptors (Lipinski definition) is 3. The van der Waals surface area contributed by atoms with Crippen LogP contribution in [0, 0.1) is 17.4 Å². The first-order valence-corrected chi connectivity index (χ1v) is 8.51. The number of hydrogen-bond donors (Lipinski definition) is 2. The van der Waals surface area contributed by atoms with E-state index in [1.165, 1.54) is 0 Å². The van der Waals surface area contributed by atoms with E-state index in [4.69, 9.17) is 5.73 Å². The summed E-state index contributed by atoms with van der Waals surface area (Å²) in [6, 6.07) is 10.5. The number of aryl methyl sites for hydroxylation is 2. The smallest absolute Gasteiger partial charge is 0.262 e. The molecule has 6 heteroatoms. The van der Waals surface area contributed by atoms with E-state index in [0.29, 0.717) is 22.5 Å². The maximum Gasteiger partial charge on any atom is 0.262 e. The number of halogens is 1. The Morgan fingerprint density at radius 3 is 2.05 bits per heavy atom. The lowest BCUT2D eigenvalue weighted by molar-refractivity contribution is 0.600. The number of benzene rings is 2. The summed E-state index contributed by atoms with van der Waals surface area (Å²) in [4.78, 5) is 0.283. The molecule has 0 unspecified atom stereocenters. The minimum Gasteiger partial charge on any atom is -0.399 e. The van der Waals surface area contributed by atoms with Crippen LogP contribution in [0.4, 0.5) is 11.4 Å². The maximum absolute atomic E-state index is 12.5. The molecular weight excluding hydrogens is 387 g/mol. The predicted octanol–water partition coefficient (Wildman–Crippen LogP) is 3.29. The Bertz CT molecular complexity index is 717. The zero-order valence-corrected chi connectivity index (χ0v) is 14.1. The van der Waals surface area contributed by atoms with Crippen molar-refractivity contribution in [1.29, 1.82) is 0 Å². The van der Waals surface area contributed by atoms with Crippen LogP contribution in [0.2, 0.25) is 0 Å². The number of nitrogens with two attached hydrogens (primary N) is 1. The van der Waals surface area contributed by atoms with E-state index in [2.05, 4.69) is 27.3 Å². The molecule has 0 atom stereocenters. The van der Waals surface area contributed by atoms with Gasteiger partial charge in [-0.1, -0.05) is 0 Å². The summed E-state index contributed by atoms with van der Waals surface area (Å²) < 4.78 is 28.6. The predicted molar refractivity (Wildman–Crippen MR) is 90.3 cm³/mol. The second kappa shape index (κ2) is 5.61. The third-order valence-corrected chi connectivity index (χ3v) is 5.25. The number of nitrogens with one attached hydrogen (secondary N) is 1. The van der Waals surface area contributed by atoms with Crippen molar-refractivity contribution in [2.75, 3.05) is 10.5 Å². The Balaban J connectivity index is 2.43. The van der Waals surface area contributed by atoms with Gasteiger partial charge in [-0.3, -0.25) is 4.72 Å². The van der Waals surface area contributed by atoms with Crippen LogP contribution in [-0.4, -0.2) is 8.42 Å². The molecule has 3 N–H and O–H groups in total. The van der Waals surface area contributed by atoms with E-state index in [0.717, 1.165) is 3.57 Å². The van der Waals surface area contributed by atoms with Crippen LogP contribution in [0.25, 0.3) is 0 Å². The normalized spacial score (nSPS) is 11.3. The van der Waals surface area contributed by atoms with Crippen LogP contribution in [0.15, 0.2) is 41.3 Å². The summed E-state index contributed by atoms with van der Waals surface area (Å²) in [5.41, 5.74) is 8.11. The lowest BCUT2D eigenvalue weighted by Gasteiger charge is -2.13. The molecule has 0 radical (unpaired) electrons. The summed E-state index contributed by atoms with van der Waals surface area (Å²) in [6.45, 7) is 3.48. The van der Waals surface area contributed by atoms with Crippen LogP contribution < -0.4 is 10.5 Å². The van der Waals surface area contributed by atoms with Gasteiger partial charge in [0.25, 0.3) is 10.0 Å². The minimum absolute atomic E-state index is 0.283. The molecule has 0 aromatic heterocycles. The van der Waals surface area contributed by atoms with Gasteiger partial charge in [-0.15, -0.1) is 0 Å². The average Bonchev–Trinajstić information content (AvgIpc) is 2.30. The molecule has 0 aliphatic heterocycles. The first-order chi connectivity index (χ1) is 9.29. The van der Waals surface area contributed by atoms with Crippen LogP contribution in [-0.2, 0) is 10.0 Å². The molecule has 106 valence electrons. The second-order valence-electron chi connectivity index (χ2n) is 4.60. The Labute approximate surface area is 132 Å². The highest BCUT2D eigenvalue weighted by molar-refractivity contribution is 14.1. The zero-order chi connectivity index (χ0) is 14.9. The Kier molecular flexibility index (Phi) is 4.24. The van der Waals surface area contributed by atoms with Crippen molar-refractivity contribution in [3.8, 4) is 0 Å². The van der Waals surface area contributed by atoms with Gasteiger partial charge in [0.05, 0.1) is 4.90 Å². The van der Waals surface area contributed by atoms with Gasteiger partial charge in [0.2, 0.25) is 0 Å². The fraction of sp³-hybridized carbons (Fsp3) is 0.143. The van der Waals surface area contributed by atoms with Gasteiger partial charge in [0.15, 0.2) is 0 Å². The minimum atomic E-state index is -3.61. The van der Waals surface area contributed by atoms with Gasteiger partial charge in [0, 0.05) is 14.9 Å². The molecule has 0 saturated carbocycles. The van der Waals surface area contributed by atoms with Crippen molar-refractivity contribution >= 4 is 44.0 Å². The molecule has 4 nitrogen and oxygen atoms in total. The maximum atomic E-state index is 12.5. The fourth-order valence-electron chi connectivity index (χ4n) is 2.13. The molecule has 2 aromatic carbocycles. The van der Waals surface area contributed by atoms with Gasteiger partial charge in [-0.05, 0) is 84.0 Å². The Hall–Kier alpha value is -1.28. The molecule has 20 heavy (non-hydrogen) atoms. The third kappa shape index (κ3) is 3.24. The summed E-state index contributed by atoms with van der Waals surface area (Å²) in [5, 5.41) is 0. The van der Waals surface area contributed by atoms with Crippen molar-refractivity contribution in [1.82, 2.24) is 0 Å². The summed E-state index contributed by atoms with van der Waals surface area (Å²) >= 11 is 2.17. The second-order valence-corrected chi connectivity index (χ2v) is 7.46. The van der Waals surface area contributed by atoms with Gasteiger partial charge < -0.3 is 5.73 Å². The van der Waals surface area contributed by atoms with Crippen molar-refractivity contribution in [2.45, 2.75) is 18.7 Å². The average molecular weight is 402 g/mol. The van der Waals surface area contributed by atoms with Crippen molar-refractivity contribution in [3.63, 3.8) is 0 Å². The highest BCUT2D eigenvalue weighted by atomic mass is 127. The zero-order valence-electron chi connectivity index (χ0n) is 11.1. The highest BCUT2D eigenvalue weighted by Gasteiger charge is 2.20. The molecule has 2 rings (SSSR count). The van der Waals surface area contributed by atoms with Gasteiger partial charge in [0.1, 0.15) is 0 Å². The Morgan fingerprint density at radius 1 is 1.05 bits per heavy atom. The molecular formula is C14H15IN2O2S. The van der Waals surface area contributed by atoms with Crippen molar-refractivity contribution in [2.24, 2.45) is 0 Å². The van der Waals surface area contributed by atoms with Crippen molar-refractivity contribution in [3.05, 3.63) is 51.1 Å². The molecule has 0 fully saturated rings. The number of anilines is 2. The number of rotatable bonds is 3. The monoisotopic (exact) mass is 402 g/mol. The lowest BCUT2D eigenvalue weighted by atomic mass is 10.1. The SMILES string of the molecule is Cc1cc(N)cc(C)c1S(=O)(=O)Nc1ccc(I)cc1. The molecule has 2 aromatic rings. The molecule has 0 amide bonds. The molecule has 0 aliphatic carbocycles. The number of nitrogen functional groups attached to an aromatic ring is 1. The Morgan fingerprint density at radius 2 is 1.55 bits per heavy atom. The van der Waals surface area contributed by atoms with Crippen LogP contribution >= 0.6 is 22.6 Å². The van der Waals surface area contributed by atoms with E-state index in [1.54, 1.807) is 38.1 Å². The third-order valence-electron chi connectivity index (χ3n) is 2.85. The van der Waals surface area contributed by atoms with Gasteiger partial charge in [-0.2, -0.15) is 0 Å². The first kappa shape index (κ1) is 15.1. The largest absolute Gasteiger partial charge is 0.399 e. The molecule has 0 aliphatic rings. The van der Waals surface area contributed by atoms with Crippen LogP contribution in [0.3, 0.4) is 0 Å². The van der Waals surface area contributed by atoms with Gasteiger partial charge >= 0.3 is 0 Å². The van der Waals surface area contributed by atoms with E-state index in [1.807, 2.05) is 12.1 Å². The van der Waals surface area contributed by atoms with E-state index >= 15 is 0 Å². The van der Waals surface area contributed by atoms with E-state index in [-0.39, 0.29) is 4.90 Å². The quantitative estimate of drug-likeness (QED) is 0.612. The molecule has 0 heterocycles. The standard InChI is InChI=1S/C14H15IN2O2S/c1-9-7-12(16)8-10(2)14(9)20(18,19)17-13-5-3-11(15)4-6-13/h3-8,17H,16H2,1-2H3. The topological polar surface area (TPSA) is 72.2 Å². The number of sulfonamides is 1. The molecule has 0 spiro atoms. The lowest BCUT2D eigenvalue weighted by Crippen LogP contribution is -2.16. The summed E-state index contributed by atoms with van der Waals surface area (Å²) in [5.74, 6) is 0. The van der Waals surface area contributed by atoms with Crippen LogP contribution in [0.5, 0.6) is 0 Å². The highest BCUT2D eigenvalue weighted by Crippen LogP contribution is 2.25. The molecule has 0 bridgehead atoms.